The van der Waals surface area contributed by atoms with Crippen LogP contribution in [-0.4, -0.2) is 49.7 Å². The second-order valence-electron chi connectivity index (χ2n) is 8.93. The van der Waals surface area contributed by atoms with E-state index >= 15 is 0 Å². The summed E-state index contributed by atoms with van der Waals surface area (Å²) in [5.41, 5.74) is 0.965. The van der Waals surface area contributed by atoms with Gasteiger partial charge in [0.05, 0.1) is 15.1 Å². The molecule has 8 heteroatoms. The van der Waals surface area contributed by atoms with Crippen molar-refractivity contribution in [2.75, 3.05) is 24.2 Å². The van der Waals surface area contributed by atoms with Gasteiger partial charge in [0.15, 0.2) is 5.65 Å². The van der Waals surface area contributed by atoms with Gasteiger partial charge in [0.1, 0.15) is 11.3 Å². The van der Waals surface area contributed by atoms with Crippen LogP contribution in [0.25, 0.3) is 11.2 Å². The van der Waals surface area contributed by atoms with Gasteiger partial charge in [-0.25, -0.2) is 14.2 Å². The van der Waals surface area contributed by atoms with Crippen LogP contribution >= 0.6 is 0 Å². The first-order valence-corrected chi connectivity index (χ1v) is 12.9. The van der Waals surface area contributed by atoms with E-state index in [4.69, 9.17) is 0 Å². The summed E-state index contributed by atoms with van der Waals surface area (Å²) in [6.07, 6.45) is 10.4. The summed E-state index contributed by atoms with van der Waals surface area (Å²) in [5, 5.41) is -0.0666. The minimum absolute atomic E-state index is 0.0666. The second-order valence-corrected chi connectivity index (χ2v) is 11.5. The molecule has 3 atom stereocenters. The Balaban J connectivity index is 1.46. The van der Waals surface area contributed by atoms with Gasteiger partial charge in [-0.2, -0.15) is 4.36 Å². The lowest BCUT2D eigenvalue weighted by Crippen LogP contribution is -2.40. The van der Waals surface area contributed by atoms with E-state index in [0.29, 0.717) is 11.6 Å². The molecule has 1 aliphatic carbocycles. The Morgan fingerprint density at radius 2 is 1.97 bits per heavy atom. The van der Waals surface area contributed by atoms with Crippen molar-refractivity contribution < 1.29 is 9.00 Å². The number of nitrogens with zero attached hydrogens (tertiary/aromatic N) is 5. The maximum atomic E-state index is 13.4. The van der Waals surface area contributed by atoms with E-state index < -0.39 is 15.1 Å². The van der Waals surface area contributed by atoms with Crippen LogP contribution in [0.2, 0.25) is 0 Å². The molecule has 4 rings (SSSR count). The summed E-state index contributed by atoms with van der Waals surface area (Å²) in [6, 6.07) is 3.89. The van der Waals surface area contributed by atoms with Crippen LogP contribution in [0.15, 0.2) is 28.9 Å². The van der Waals surface area contributed by atoms with Crippen molar-refractivity contribution in [3.63, 3.8) is 0 Å². The predicted octanol–water partition coefficient (Wildman–Crippen LogP) is 3.83. The molecule has 0 N–H and O–H groups in total. The van der Waals surface area contributed by atoms with Crippen LogP contribution in [0.5, 0.6) is 0 Å². The first-order chi connectivity index (χ1) is 14.3. The van der Waals surface area contributed by atoms with E-state index in [-0.39, 0.29) is 11.2 Å². The number of fused-ring (bicyclic) bond motifs is 1. The number of hydrogen-bond acceptors (Lipinski definition) is 6. The first-order valence-electron chi connectivity index (χ1n) is 10.9. The molecule has 1 amide bonds. The van der Waals surface area contributed by atoms with Crippen molar-refractivity contribution in [2.24, 2.45) is 15.7 Å². The topological polar surface area (TPSA) is 88.4 Å². The van der Waals surface area contributed by atoms with Crippen LogP contribution in [-0.2, 0) is 14.5 Å². The monoisotopic (exact) mass is 429 g/mol. The van der Waals surface area contributed by atoms with Crippen LogP contribution in [0.3, 0.4) is 0 Å². The molecule has 3 unspecified atom stereocenters. The molecule has 1 saturated heterocycles. The Hall–Kier alpha value is -2.09. The molecule has 0 spiro atoms. The van der Waals surface area contributed by atoms with Crippen molar-refractivity contribution in [3.05, 3.63) is 24.5 Å². The number of carbonyl (C=O) groups excluding carboxylic acids is 1. The smallest absolute Gasteiger partial charge is 0.259 e. The molecule has 2 aromatic rings. The summed E-state index contributed by atoms with van der Waals surface area (Å²) >= 11 is 0. The largest absolute Gasteiger partial charge is 0.356 e. The third-order valence-corrected chi connectivity index (χ3v) is 9.33. The average Bonchev–Trinajstić information content (AvgIpc) is 3.15. The van der Waals surface area contributed by atoms with Gasteiger partial charge in [0.2, 0.25) is 0 Å². The van der Waals surface area contributed by atoms with Crippen molar-refractivity contribution >= 4 is 32.6 Å². The average molecular weight is 430 g/mol. The Morgan fingerprint density at radius 1 is 1.23 bits per heavy atom. The fourth-order valence-electron chi connectivity index (χ4n) is 5.06. The summed E-state index contributed by atoms with van der Waals surface area (Å²) in [4.78, 5) is 28.4. The van der Waals surface area contributed by atoms with Crippen LogP contribution in [0, 0.1) is 11.3 Å². The molecule has 30 heavy (non-hydrogen) atoms. The molecule has 7 nitrogen and oxygen atoms in total. The fraction of sp³-hybridized carbons (Fsp3) is 0.636. The van der Waals surface area contributed by atoms with Gasteiger partial charge in [0.25, 0.3) is 5.91 Å². The SMILES string of the molecule is CCC1CCCC1(C)C(=O)N=S(C)(=O)C1CCN(c2ccc3nccnc3n2)CC1. The first kappa shape index (κ1) is 21.2. The summed E-state index contributed by atoms with van der Waals surface area (Å²) in [7, 11) is -2.57. The number of piperidine rings is 1. The predicted molar refractivity (Wildman–Crippen MR) is 120 cm³/mol. The number of aromatic nitrogens is 3. The Labute approximate surface area is 178 Å². The molecule has 1 saturated carbocycles. The summed E-state index contributed by atoms with van der Waals surface area (Å²) < 4.78 is 17.8. The second kappa shape index (κ2) is 8.21. The number of pyridine rings is 1. The van der Waals surface area contributed by atoms with Gasteiger partial charge in [-0.05, 0) is 43.7 Å². The van der Waals surface area contributed by atoms with Crippen molar-refractivity contribution in [3.8, 4) is 0 Å². The molecule has 3 heterocycles. The van der Waals surface area contributed by atoms with Gasteiger partial charge in [-0.1, -0.05) is 26.7 Å². The number of carbonyl (C=O) groups is 1. The van der Waals surface area contributed by atoms with E-state index in [2.05, 4.69) is 31.1 Å². The van der Waals surface area contributed by atoms with Crippen molar-refractivity contribution in [2.45, 2.75) is 57.6 Å². The molecule has 2 aliphatic rings. The molecule has 2 aromatic heterocycles. The summed E-state index contributed by atoms with van der Waals surface area (Å²) in [5.74, 6) is 1.07. The zero-order chi connectivity index (χ0) is 21.4. The highest BCUT2D eigenvalue weighted by atomic mass is 32.2. The van der Waals surface area contributed by atoms with Gasteiger partial charge in [-0.3, -0.25) is 9.78 Å². The zero-order valence-electron chi connectivity index (χ0n) is 18.1. The molecule has 2 fully saturated rings. The highest BCUT2D eigenvalue weighted by molar-refractivity contribution is 7.93. The molecule has 0 radical (unpaired) electrons. The lowest BCUT2D eigenvalue weighted by Gasteiger charge is -2.33. The number of amides is 1. The summed E-state index contributed by atoms with van der Waals surface area (Å²) in [6.45, 7) is 5.64. The Kier molecular flexibility index (Phi) is 5.79. The standard InChI is InChI=1S/C22H31N5O2S/c1-4-16-6-5-11-22(16,2)21(28)26-30(3,29)17-9-14-27(15-10-17)19-8-7-18-20(25-19)24-13-12-23-18/h7-8,12-13,16-17H,4-6,9-11,14-15H2,1-3H3. The molecular weight excluding hydrogens is 398 g/mol. The number of hydrogen-bond donors (Lipinski definition) is 0. The highest BCUT2D eigenvalue weighted by Crippen LogP contribution is 2.46. The zero-order valence-corrected chi connectivity index (χ0v) is 18.9. The Morgan fingerprint density at radius 3 is 2.70 bits per heavy atom. The van der Waals surface area contributed by atoms with Crippen molar-refractivity contribution in [1.29, 1.82) is 0 Å². The molecule has 1 aliphatic heterocycles. The fourth-order valence-corrected chi connectivity index (χ4v) is 6.83. The van der Waals surface area contributed by atoms with Crippen molar-refractivity contribution in [1.82, 2.24) is 15.0 Å². The van der Waals surface area contributed by atoms with Gasteiger partial charge < -0.3 is 4.90 Å². The van der Waals surface area contributed by atoms with E-state index in [1.54, 1.807) is 18.6 Å². The maximum Gasteiger partial charge on any atom is 0.259 e. The van der Waals surface area contributed by atoms with Gasteiger partial charge in [0, 0.05) is 37.0 Å². The van der Waals surface area contributed by atoms with Gasteiger partial charge in [-0.15, -0.1) is 0 Å². The lowest BCUT2D eigenvalue weighted by atomic mass is 9.78. The minimum Gasteiger partial charge on any atom is -0.356 e. The number of anilines is 1. The lowest BCUT2D eigenvalue weighted by molar-refractivity contribution is -0.128. The van der Waals surface area contributed by atoms with Crippen LogP contribution in [0.1, 0.15) is 52.4 Å². The quantitative estimate of drug-likeness (QED) is 0.734. The normalized spacial score (nSPS) is 27.2. The molecular formula is C22H31N5O2S. The van der Waals surface area contributed by atoms with Gasteiger partial charge >= 0.3 is 0 Å². The van der Waals surface area contributed by atoms with Crippen LogP contribution in [0.4, 0.5) is 5.82 Å². The minimum atomic E-state index is -2.57. The van der Waals surface area contributed by atoms with E-state index in [1.165, 1.54) is 0 Å². The molecule has 162 valence electrons. The third-order valence-electron chi connectivity index (χ3n) is 7.10. The maximum absolute atomic E-state index is 13.4. The van der Waals surface area contributed by atoms with Crippen LogP contribution < -0.4 is 4.90 Å². The molecule has 0 bridgehead atoms. The highest BCUT2D eigenvalue weighted by Gasteiger charge is 2.44. The Bertz CT molecular complexity index is 1060. The van der Waals surface area contributed by atoms with E-state index in [0.717, 1.165) is 62.9 Å². The number of rotatable bonds is 4. The van der Waals surface area contributed by atoms with E-state index in [9.17, 15) is 9.00 Å². The van der Waals surface area contributed by atoms with E-state index in [1.807, 2.05) is 19.1 Å². The third kappa shape index (κ3) is 3.94. The molecule has 0 aromatic carbocycles.